The minimum absolute atomic E-state index is 0.0372. The van der Waals surface area contributed by atoms with Crippen molar-refractivity contribution in [2.45, 2.75) is 25.4 Å². The molecule has 0 bridgehead atoms. The van der Waals surface area contributed by atoms with E-state index < -0.39 is 11.4 Å². The largest absolute Gasteiger partial charge is 0.388 e. The summed E-state index contributed by atoms with van der Waals surface area (Å²) in [6.45, 7) is 2.49. The second kappa shape index (κ2) is 4.97. The molecule has 1 aromatic carbocycles. The number of halogens is 2. The summed E-state index contributed by atoms with van der Waals surface area (Å²) in [5.41, 5.74) is -0.846. The number of amides is 1. The third kappa shape index (κ3) is 2.72. The lowest BCUT2D eigenvalue weighted by Gasteiger charge is -2.37. The molecule has 1 amide bonds. The van der Waals surface area contributed by atoms with E-state index in [2.05, 4.69) is 15.9 Å². The molecule has 0 spiro atoms. The molecule has 3 nitrogen and oxygen atoms in total. The predicted octanol–water partition coefficient (Wildman–Crippen LogP) is 2.58. The Morgan fingerprint density at radius 1 is 1.56 bits per heavy atom. The molecule has 1 aliphatic heterocycles. The maximum absolute atomic E-state index is 13.7. The van der Waals surface area contributed by atoms with Crippen LogP contribution in [-0.2, 0) is 0 Å². The number of piperidine rings is 1. The first kappa shape index (κ1) is 13.5. The van der Waals surface area contributed by atoms with Gasteiger partial charge in [-0.3, -0.25) is 4.79 Å². The molecule has 0 radical (unpaired) electrons. The lowest BCUT2D eigenvalue weighted by Crippen LogP contribution is -2.48. The number of rotatable bonds is 1. The molecule has 1 N–H and O–H groups in total. The van der Waals surface area contributed by atoms with Gasteiger partial charge in [-0.1, -0.05) is 6.07 Å². The highest BCUT2D eigenvalue weighted by atomic mass is 79.9. The van der Waals surface area contributed by atoms with E-state index in [1.165, 1.54) is 11.0 Å². The molecule has 0 saturated carbocycles. The maximum Gasteiger partial charge on any atom is 0.258 e. The monoisotopic (exact) mass is 315 g/mol. The molecule has 1 fully saturated rings. The first-order valence-electron chi connectivity index (χ1n) is 5.86. The molecule has 0 aliphatic carbocycles. The zero-order valence-corrected chi connectivity index (χ0v) is 11.7. The van der Waals surface area contributed by atoms with Gasteiger partial charge in [0.25, 0.3) is 5.91 Å². The third-order valence-corrected chi connectivity index (χ3v) is 3.80. The maximum atomic E-state index is 13.7. The Kier molecular flexibility index (Phi) is 3.73. The molecule has 18 heavy (non-hydrogen) atoms. The minimum Gasteiger partial charge on any atom is -0.388 e. The summed E-state index contributed by atoms with van der Waals surface area (Å²) in [7, 11) is 0. The summed E-state index contributed by atoms with van der Waals surface area (Å²) in [5, 5.41) is 9.98. The Bertz CT molecular complexity index is 456. The summed E-state index contributed by atoms with van der Waals surface area (Å²) >= 11 is 3.19. The average molecular weight is 316 g/mol. The Labute approximate surface area is 114 Å². The van der Waals surface area contributed by atoms with Crippen LogP contribution in [0, 0.1) is 5.82 Å². The van der Waals surface area contributed by atoms with Crippen LogP contribution >= 0.6 is 15.9 Å². The van der Waals surface area contributed by atoms with Crippen molar-refractivity contribution in [1.82, 2.24) is 4.90 Å². The van der Waals surface area contributed by atoms with Crippen LogP contribution in [0.4, 0.5) is 4.39 Å². The van der Waals surface area contributed by atoms with Gasteiger partial charge in [0.05, 0.1) is 11.2 Å². The molecule has 1 saturated heterocycles. The van der Waals surface area contributed by atoms with Crippen molar-refractivity contribution in [3.8, 4) is 0 Å². The first-order chi connectivity index (χ1) is 8.41. The van der Waals surface area contributed by atoms with E-state index in [0.29, 0.717) is 17.4 Å². The number of likely N-dealkylation sites (tertiary alicyclic amines) is 1. The summed E-state index contributed by atoms with van der Waals surface area (Å²) in [5.74, 6) is -0.917. The molecule has 98 valence electrons. The van der Waals surface area contributed by atoms with Gasteiger partial charge in [-0.2, -0.15) is 0 Å². The van der Waals surface area contributed by atoms with Gasteiger partial charge in [0.2, 0.25) is 0 Å². The Balaban J connectivity index is 2.26. The van der Waals surface area contributed by atoms with E-state index >= 15 is 0 Å². The molecule has 1 unspecified atom stereocenters. The van der Waals surface area contributed by atoms with E-state index in [4.69, 9.17) is 0 Å². The number of carbonyl (C=O) groups is 1. The molecular weight excluding hydrogens is 301 g/mol. The number of benzene rings is 1. The summed E-state index contributed by atoms with van der Waals surface area (Å²) in [6, 6.07) is 4.45. The Morgan fingerprint density at radius 2 is 2.28 bits per heavy atom. The van der Waals surface area contributed by atoms with Gasteiger partial charge in [-0.25, -0.2) is 4.39 Å². The van der Waals surface area contributed by atoms with Crippen LogP contribution in [0.1, 0.15) is 30.1 Å². The smallest absolute Gasteiger partial charge is 0.258 e. The van der Waals surface area contributed by atoms with Gasteiger partial charge in [-0.15, -0.1) is 0 Å². The molecule has 1 heterocycles. The van der Waals surface area contributed by atoms with Gasteiger partial charge >= 0.3 is 0 Å². The van der Waals surface area contributed by atoms with Gasteiger partial charge in [-0.05, 0) is 47.8 Å². The van der Waals surface area contributed by atoms with Crippen LogP contribution in [-0.4, -0.2) is 34.6 Å². The number of aliphatic hydroxyl groups is 1. The molecule has 2 rings (SSSR count). The van der Waals surface area contributed by atoms with Crippen molar-refractivity contribution in [3.05, 3.63) is 34.1 Å². The summed E-state index contributed by atoms with van der Waals surface area (Å²) in [4.78, 5) is 13.8. The molecule has 0 aromatic heterocycles. The summed E-state index contributed by atoms with van der Waals surface area (Å²) in [6.07, 6.45) is 1.39. The average Bonchev–Trinajstić information content (AvgIpc) is 2.27. The van der Waals surface area contributed by atoms with Gasteiger partial charge in [0, 0.05) is 17.6 Å². The van der Waals surface area contributed by atoms with Crippen LogP contribution in [0.3, 0.4) is 0 Å². The lowest BCUT2D eigenvalue weighted by molar-refractivity contribution is -0.0109. The van der Waals surface area contributed by atoms with Crippen LogP contribution in [0.15, 0.2) is 22.7 Å². The van der Waals surface area contributed by atoms with Crippen molar-refractivity contribution >= 4 is 21.8 Å². The van der Waals surface area contributed by atoms with Crippen molar-refractivity contribution in [2.24, 2.45) is 0 Å². The predicted molar refractivity (Wildman–Crippen MR) is 69.9 cm³/mol. The highest BCUT2D eigenvalue weighted by molar-refractivity contribution is 9.10. The Morgan fingerprint density at radius 3 is 2.89 bits per heavy atom. The second-order valence-corrected chi connectivity index (χ2v) is 5.78. The SMILES string of the molecule is CC1(O)CCCN(C(=O)c2c(F)cccc2Br)C1. The second-order valence-electron chi connectivity index (χ2n) is 4.92. The fraction of sp³-hybridized carbons (Fsp3) is 0.462. The topological polar surface area (TPSA) is 40.5 Å². The lowest BCUT2D eigenvalue weighted by atomic mass is 9.94. The highest BCUT2D eigenvalue weighted by Gasteiger charge is 2.32. The van der Waals surface area contributed by atoms with Gasteiger partial charge in [0.1, 0.15) is 5.82 Å². The number of β-amino-alcohol motifs (C(OH)–C–C–N with tert-alkyl or cyclic N) is 1. The van der Waals surface area contributed by atoms with E-state index in [1.54, 1.807) is 19.1 Å². The standard InChI is InChI=1S/C13H15BrFNO2/c1-13(18)6-3-7-16(8-13)12(17)11-9(14)4-2-5-10(11)15/h2,4-5,18H,3,6-8H2,1H3. The van der Waals surface area contributed by atoms with E-state index in [0.717, 1.165) is 6.42 Å². The van der Waals surface area contributed by atoms with Crippen molar-refractivity contribution in [3.63, 3.8) is 0 Å². The van der Waals surface area contributed by atoms with Crippen LogP contribution in [0.2, 0.25) is 0 Å². The number of nitrogens with zero attached hydrogens (tertiary/aromatic N) is 1. The van der Waals surface area contributed by atoms with Crippen molar-refractivity contribution in [2.75, 3.05) is 13.1 Å². The zero-order chi connectivity index (χ0) is 13.3. The molecule has 1 aromatic rings. The molecular formula is C13H15BrFNO2. The fourth-order valence-corrected chi connectivity index (χ4v) is 2.77. The van der Waals surface area contributed by atoms with Crippen LogP contribution in [0.5, 0.6) is 0 Å². The Hall–Kier alpha value is -0.940. The fourth-order valence-electron chi connectivity index (χ4n) is 2.25. The minimum atomic E-state index is -0.883. The number of carbonyl (C=O) groups excluding carboxylic acids is 1. The number of hydrogen-bond acceptors (Lipinski definition) is 2. The highest BCUT2D eigenvalue weighted by Crippen LogP contribution is 2.26. The van der Waals surface area contributed by atoms with E-state index in [1.807, 2.05) is 0 Å². The third-order valence-electron chi connectivity index (χ3n) is 3.14. The zero-order valence-electron chi connectivity index (χ0n) is 10.1. The summed E-state index contributed by atoms with van der Waals surface area (Å²) < 4.78 is 14.2. The molecule has 5 heteroatoms. The van der Waals surface area contributed by atoms with Crippen molar-refractivity contribution in [1.29, 1.82) is 0 Å². The van der Waals surface area contributed by atoms with Gasteiger partial charge < -0.3 is 10.0 Å². The molecule has 1 aliphatic rings. The van der Waals surface area contributed by atoms with Crippen LogP contribution in [0.25, 0.3) is 0 Å². The molecule has 1 atom stereocenters. The number of hydrogen-bond donors (Lipinski definition) is 1. The van der Waals surface area contributed by atoms with E-state index in [9.17, 15) is 14.3 Å². The quantitative estimate of drug-likeness (QED) is 0.865. The van der Waals surface area contributed by atoms with E-state index in [-0.39, 0.29) is 18.0 Å². The normalized spacial score (nSPS) is 24.1. The van der Waals surface area contributed by atoms with Gasteiger partial charge in [0.15, 0.2) is 0 Å². The first-order valence-corrected chi connectivity index (χ1v) is 6.66. The van der Waals surface area contributed by atoms with Crippen molar-refractivity contribution < 1.29 is 14.3 Å². The van der Waals surface area contributed by atoms with Crippen LogP contribution < -0.4 is 0 Å².